The van der Waals surface area contributed by atoms with E-state index < -0.39 is 11.7 Å². The fourth-order valence-electron chi connectivity index (χ4n) is 1.97. The van der Waals surface area contributed by atoms with Crippen molar-refractivity contribution in [3.63, 3.8) is 0 Å². The summed E-state index contributed by atoms with van der Waals surface area (Å²) in [6.45, 7) is 1.78. The van der Waals surface area contributed by atoms with E-state index >= 15 is 0 Å². The molecule has 0 aliphatic heterocycles. The van der Waals surface area contributed by atoms with E-state index in [2.05, 4.69) is 15.6 Å². The summed E-state index contributed by atoms with van der Waals surface area (Å²) in [6, 6.07) is 8.53. The van der Waals surface area contributed by atoms with Gasteiger partial charge < -0.3 is 10.6 Å². The van der Waals surface area contributed by atoms with Gasteiger partial charge in [-0.1, -0.05) is 23.7 Å². The Bertz CT molecular complexity index is 720. The number of aromatic nitrogens is 1. The zero-order chi connectivity index (χ0) is 16.8. The van der Waals surface area contributed by atoms with Crippen LogP contribution >= 0.6 is 11.6 Å². The monoisotopic (exact) mass is 335 g/mol. The molecule has 120 valence electrons. The molecule has 2 amide bonds. The Morgan fingerprint density at radius 3 is 2.57 bits per heavy atom. The third-order valence-corrected chi connectivity index (χ3v) is 3.33. The van der Waals surface area contributed by atoms with E-state index in [-0.39, 0.29) is 16.6 Å². The summed E-state index contributed by atoms with van der Waals surface area (Å²) in [5.41, 5.74) is 1.55. The lowest BCUT2D eigenvalue weighted by Crippen LogP contribution is -2.26. The van der Waals surface area contributed by atoms with Crippen molar-refractivity contribution in [2.45, 2.75) is 13.3 Å². The maximum absolute atomic E-state index is 13.7. The number of rotatable bonds is 5. The molecule has 1 heterocycles. The number of benzene rings is 1. The normalized spacial score (nSPS) is 10.2. The van der Waals surface area contributed by atoms with Crippen LogP contribution in [0.1, 0.15) is 22.8 Å². The van der Waals surface area contributed by atoms with Crippen LogP contribution in [-0.4, -0.2) is 23.3 Å². The third kappa shape index (κ3) is 4.75. The average molecular weight is 336 g/mol. The first kappa shape index (κ1) is 16.9. The zero-order valence-corrected chi connectivity index (χ0v) is 13.2. The summed E-state index contributed by atoms with van der Waals surface area (Å²) in [5, 5.41) is 4.97. The minimum absolute atomic E-state index is 0.133. The van der Waals surface area contributed by atoms with Gasteiger partial charge in [0, 0.05) is 25.4 Å². The number of hydrogen-bond acceptors (Lipinski definition) is 3. The number of anilines is 1. The largest absolute Gasteiger partial charge is 0.352 e. The van der Waals surface area contributed by atoms with E-state index in [1.807, 2.05) is 12.1 Å². The molecule has 0 saturated heterocycles. The highest BCUT2D eigenvalue weighted by atomic mass is 35.5. The minimum Gasteiger partial charge on any atom is -0.352 e. The van der Waals surface area contributed by atoms with Gasteiger partial charge in [0.05, 0.1) is 5.56 Å². The molecular formula is C16H15ClFN3O2. The van der Waals surface area contributed by atoms with Crippen LogP contribution in [-0.2, 0) is 11.2 Å². The Morgan fingerprint density at radius 2 is 1.91 bits per heavy atom. The predicted molar refractivity (Wildman–Crippen MR) is 86.0 cm³/mol. The Morgan fingerprint density at radius 1 is 1.22 bits per heavy atom. The van der Waals surface area contributed by atoms with E-state index in [4.69, 9.17) is 11.6 Å². The SMILES string of the molecule is CC(=O)Nc1ccc(CCNC(=O)c2ccnc(Cl)c2F)cc1. The van der Waals surface area contributed by atoms with Gasteiger partial charge in [-0.15, -0.1) is 0 Å². The molecular weight excluding hydrogens is 321 g/mol. The fraction of sp³-hybridized carbons (Fsp3) is 0.188. The van der Waals surface area contributed by atoms with Gasteiger partial charge in [-0.2, -0.15) is 0 Å². The van der Waals surface area contributed by atoms with Crippen molar-refractivity contribution >= 4 is 29.1 Å². The Hall–Kier alpha value is -2.47. The number of pyridine rings is 1. The molecule has 2 N–H and O–H groups in total. The van der Waals surface area contributed by atoms with Gasteiger partial charge in [0.1, 0.15) is 0 Å². The van der Waals surface area contributed by atoms with Crippen LogP contribution in [0.4, 0.5) is 10.1 Å². The van der Waals surface area contributed by atoms with Crippen molar-refractivity contribution in [2.75, 3.05) is 11.9 Å². The van der Waals surface area contributed by atoms with Crippen LogP contribution in [0.5, 0.6) is 0 Å². The Labute approximate surface area is 137 Å². The van der Waals surface area contributed by atoms with Crippen molar-refractivity contribution in [2.24, 2.45) is 0 Å². The molecule has 0 saturated carbocycles. The Balaban J connectivity index is 1.88. The molecule has 2 aromatic rings. The number of hydrogen-bond donors (Lipinski definition) is 2. The summed E-state index contributed by atoms with van der Waals surface area (Å²) in [4.78, 5) is 26.4. The zero-order valence-electron chi connectivity index (χ0n) is 12.4. The number of carbonyl (C=O) groups is 2. The van der Waals surface area contributed by atoms with E-state index in [0.717, 1.165) is 5.56 Å². The van der Waals surface area contributed by atoms with Crippen LogP contribution in [0, 0.1) is 5.82 Å². The lowest BCUT2D eigenvalue weighted by atomic mass is 10.1. The van der Waals surface area contributed by atoms with Crippen molar-refractivity contribution in [1.82, 2.24) is 10.3 Å². The lowest BCUT2D eigenvalue weighted by molar-refractivity contribution is -0.114. The molecule has 0 unspecified atom stereocenters. The van der Waals surface area contributed by atoms with Crippen LogP contribution in [0.25, 0.3) is 0 Å². The minimum atomic E-state index is -0.827. The number of nitrogens with zero attached hydrogens (tertiary/aromatic N) is 1. The predicted octanol–water partition coefficient (Wildman–Crippen LogP) is 2.81. The van der Waals surface area contributed by atoms with Crippen molar-refractivity contribution in [3.8, 4) is 0 Å². The Kier molecular flexibility index (Phi) is 5.65. The van der Waals surface area contributed by atoms with Gasteiger partial charge >= 0.3 is 0 Å². The molecule has 0 aliphatic carbocycles. The highest BCUT2D eigenvalue weighted by molar-refractivity contribution is 6.29. The molecule has 0 fully saturated rings. The van der Waals surface area contributed by atoms with Gasteiger partial charge in [-0.25, -0.2) is 9.37 Å². The van der Waals surface area contributed by atoms with Crippen molar-refractivity contribution < 1.29 is 14.0 Å². The van der Waals surface area contributed by atoms with E-state index in [9.17, 15) is 14.0 Å². The first-order chi connectivity index (χ1) is 11.0. The highest BCUT2D eigenvalue weighted by Gasteiger charge is 2.14. The number of carbonyl (C=O) groups excluding carboxylic acids is 2. The molecule has 0 spiro atoms. The average Bonchev–Trinajstić information content (AvgIpc) is 2.51. The smallest absolute Gasteiger partial charge is 0.254 e. The molecule has 1 aromatic carbocycles. The van der Waals surface area contributed by atoms with Crippen molar-refractivity contribution in [1.29, 1.82) is 0 Å². The summed E-state index contributed by atoms with van der Waals surface area (Å²) in [6.07, 6.45) is 1.85. The molecule has 1 aromatic heterocycles. The van der Waals surface area contributed by atoms with Crippen molar-refractivity contribution in [3.05, 3.63) is 58.6 Å². The van der Waals surface area contributed by atoms with Crippen LogP contribution in [0.15, 0.2) is 36.5 Å². The lowest BCUT2D eigenvalue weighted by Gasteiger charge is -2.07. The first-order valence-electron chi connectivity index (χ1n) is 6.92. The van der Waals surface area contributed by atoms with Gasteiger partial charge in [0.25, 0.3) is 5.91 Å². The maximum Gasteiger partial charge on any atom is 0.254 e. The van der Waals surface area contributed by atoms with Crippen LogP contribution in [0.2, 0.25) is 5.15 Å². The number of halogens is 2. The molecule has 7 heteroatoms. The second-order valence-electron chi connectivity index (χ2n) is 4.85. The van der Waals surface area contributed by atoms with Gasteiger partial charge in [-0.3, -0.25) is 9.59 Å². The standard InChI is InChI=1S/C16H15ClFN3O2/c1-10(22)21-12-4-2-11(3-5-12)6-8-20-16(23)13-7-9-19-15(17)14(13)18/h2-5,7,9H,6,8H2,1H3,(H,20,23)(H,21,22). The van der Waals surface area contributed by atoms with Gasteiger partial charge in [0.2, 0.25) is 5.91 Å². The van der Waals surface area contributed by atoms with Crippen LogP contribution < -0.4 is 10.6 Å². The quantitative estimate of drug-likeness (QED) is 0.825. The second kappa shape index (κ2) is 7.69. The molecule has 0 aliphatic rings. The summed E-state index contributed by atoms with van der Waals surface area (Å²) in [5.74, 6) is -1.50. The summed E-state index contributed by atoms with van der Waals surface area (Å²) < 4.78 is 13.7. The maximum atomic E-state index is 13.7. The second-order valence-corrected chi connectivity index (χ2v) is 5.21. The molecule has 0 bridgehead atoms. The molecule has 0 atom stereocenters. The topological polar surface area (TPSA) is 71.1 Å². The fourth-order valence-corrected chi connectivity index (χ4v) is 2.13. The first-order valence-corrected chi connectivity index (χ1v) is 7.30. The van der Waals surface area contributed by atoms with E-state index in [1.54, 1.807) is 12.1 Å². The molecule has 23 heavy (non-hydrogen) atoms. The molecule has 5 nitrogen and oxygen atoms in total. The van der Waals surface area contributed by atoms with E-state index in [0.29, 0.717) is 18.7 Å². The summed E-state index contributed by atoms with van der Waals surface area (Å²) in [7, 11) is 0. The summed E-state index contributed by atoms with van der Waals surface area (Å²) >= 11 is 5.54. The number of nitrogens with one attached hydrogen (secondary N) is 2. The van der Waals surface area contributed by atoms with Crippen LogP contribution in [0.3, 0.4) is 0 Å². The molecule has 2 rings (SSSR count). The van der Waals surface area contributed by atoms with E-state index in [1.165, 1.54) is 19.2 Å². The van der Waals surface area contributed by atoms with Gasteiger partial charge in [-0.05, 0) is 30.2 Å². The van der Waals surface area contributed by atoms with Gasteiger partial charge in [0.15, 0.2) is 11.0 Å². The number of amides is 2. The third-order valence-electron chi connectivity index (χ3n) is 3.06. The molecule has 0 radical (unpaired) electrons. The highest BCUT2D eigenvalue weighted by Crippen LogP contribution is 2.15.